The van der Waals surface area contributed by atoms with Gasteiger partial charge in [0.2, 0.25) is 5.88 Å². The lowest BCUT2D eigenvalue weighted by atomic mass is 10.0. The van der Waals surface area contributed by atoms with Crippen LogP contribution in [-0.4, -0.2) is 23.1 Å². The summed E-state index contributed by atoms with van der Waals surface area (Å²) in [6, 6.07) is 2.27. The smallest absolute Gasteiger partial charge is 0.218 e. The number of hydrogen-bond donors (Lipinski definition) is 1. The summed E-state index contributed by atoms with van der Waals surface area (Å²) >= 11 is 0. The minimum absolute atomic E-state index is 0.297. The summed E-state index contributed by atoms with van der Waals surface area (Å²) in [5.74, 6) is 1.42. The van der Waals surface area contributed by atoms with Crippen molar-refractivity contribution in [3.63, 3.8) is 0 Å². The summed E-state index contributed by atoms with van der Waals surface area (Å²) in [5, 5.41) is 3.44. The number of methoxy groups -OCH3 is 1. The average molecular weight is 221 g/mol. The van der Waals surface area contributed by atoms with Crippen molar-refractivity contribution in [2.45, 2.75) is 33.7 Å². The largest absolute Gasteiger partial charge is 0.481 e. The van der Waals surface area contributed by atoms with Gasteiger partial charge in [0.25, 0.3) is 0 Å². The van der Waals surface area contributed by atoms with E-state index in [4.69, 9.17) is 4.74 Å². The third-order valence-corrected chi connectivity index (χ3v) is 4.16. The van der Waals surface area contributed by atoms with Gasteiger partial charge in [0.05, 0.1) is 7.11 Å². The Morgan fingerprint density at radius 2 is 1.81 bits per heavy atom. The molecule has 88 valence electrons. The van der Waals surface area contributed by atoms with Gasteiger partial charge in [0, 0.05) is 12.1 Å². The highest BCUT2D eigenvalue weighted by molar-refractivity contribution is 5.43. The minimum atomic E-state index is 0.297. The van der Waals surface area contributed by atoms with E-state index >= 15 is 0 Å². The molecule has 0 radical (unpaired) electrons. The standard InChI is InChI=1S/C12H19N3O/c1-11(2)10(12(11,3)4)15-8-6-9(16-5)14-7-13-8/h6-7,10H,1-5H3,(H,13,14,15). The van der Waals surface area contributed by atoms with Crippen LogP contribution in [0.1, 0.15) is 27.7 Å². The summed E-state index contributed by atoms with van der Waals surface area (Å²) in [6.07, 6.45) is 1.52. The molecule has 0 aromatic carbocycles. The molecule has 0 spiro atoms. The van der Waals surface area contributed by atoms with Crippen LogP contribution in [0, 0.1) is 10.8 Å². The zero-order valence-corrected chi connectivity index (χ0v) is 10.5. The van der Waals surface area contributed by atoms with E-state index in [0.717, 1.165) is 5.82 Å². The van der Waals surface area contributed by atoms with Crippen molar-refractivity contribution in [2.24, 2.45) is 10.8 Å². The zero-order valence-electron chi connectivity index (χ0n) is 10.5. The lowest BCUT2D eigenvalue weighted by Crippen LogP contribution is -2.11. The van der Waals surface area contributed by atoms with E-state index in [9.17, 15) is 0 Å². The fraction of sp³-hybridized carbons (Fsp3) is 0.667. The monoisotopic (exact) mass is 221 g/mol. The van der Waals surface area contributed by atoms with Crippen molar-refractivity contribution in [3.8, 4) is 5.88 Å². The maximum Gasteiger partial charge on any atom is 0.218 e. The van der Waals surface area contributed by atoms with Gasteiger partial charge in [-0.15, -0.1) is 0 Å². The lowest BCUT2D eigenvalue weighted by molar-refractivity contribution is 0.397. The van der Waals surface area contributed by atoms with Crippen molar-refractivity contribution >= 4 is 5.82 Å². The predicted molar refractivity (Wildman–Crippen MR) is 63.6 cm³/mol. The first-order chi connectivity index (χ1) is 7.39. The van der Waals surface area contributed by atoms with Gasteiger partial charge in [0.15, 0.2) is 0 Å². The quantitative estimate of drug-likeness (QED) is 0.851. The molecule has 4 heteroatoms. The number of nitrogens with one attached hydrogen (secondary N) is 1. The van der Waals surface area contributed by atoms with E-state index in [0.29, 0.717) is 22.8 Å². The molecule has 0 unspecified atom stereocenters. The van der Waals surface area contributed by atoms with Crippen molar-refractivity contribution in [1.82, 2.24) is 9.97 Å². The van der Waals surface area contributed by atoms with E-state index in [-0.39, 0.29) is 0 Å². The fourth-order valence-corrected chi connectivity index (χ4v) is 2.24. The number of ether oxygens (including phenoxy) is 1. The third-order valence-electron chi connectivity index (χ3n) is 4.16. The molecule has 1 aliphatic carbocycles. The highest BCUT2D eigenvalue weighted by Gasteiger charge is 2.65. The summed E-state index contributed by atoms with van der Waals surface area (Å²) in [4.78, 5) is 8.18. The molecule has 0 saturated heterocycles. The summed E-state index contributed by atoms with van der Waals surface area (Å²) in [6.45, 7) is 9.07. The summed E-state index contributed by atoms with van der Waals surface area (Å²) < 4.78 is 5.07. The van der Waals surface area contributed by atoms with Gasteiger partial charge in [-0.05, 0) is 10.8 Å². The van der Waals surface area contributed by atoms with Crippen LogP contribution in [-0.2, 0) is 0 Å². The van der Waals surface area contributed by atoms with Gasteiger partial charge in [-0.1, -0.05) is 27.7 Å². The van der Waals surface area contributed by atoms with E-state index < -0.39 is 0 Å². The molecule has 1 aliphatic rings. The first-order valence-electron chi connectivity index (χ1n) is 5.52. The summed E-state index contributed by atoms with van der Waals surface area (Å²) in [5.41, 5.74) is 0.594. The Kier molecular flexibility index (Phi) is 2.33. The number of aromatic nitrogens is 2. The Labute approximate surface area is 96.4 Å². The highest BCUT2D eigenvalue weighted by Crippen LogP contribution is 2.63. The second-order valence-electron chi connectivity index (χ2n) is 5.47. The second-order valence-corrected chi connectivity index (χ2v) is 5.47. The van der Waals surface area contributed by atoms with E-state index in [1.165, 1.54) is 6.33 Å². The molecule has 0 atom stereocenters. The van der Waals surface area contributed by atoms with Gasteiger partial charge in [-0.3, -0.25) is 0 Å². The van der Waals surface area contributed by atoms with E-state index in [1.807, 2.05) is 6.07 Å². The molecule has 1 saturated carbocycles. The topological polar surface area (TPSA) is 47.0 Å². The Hall–Kier alpha value is -1.32. The molecule has 1 N–H and O–H groups in total. The molecule has 1 aromatic rings. The first-order valence-corrected chi connectivity index (χ1v) is 5.52. The molecular formula is C12H19N3O. The lowest BCUT2D eigenvalue weighted by Gasteiger charge is -2.07. The Morgan fingerprint density at radius 3 is 2.31 bits per heavy atom. The molecule has 4 nitrogen and oxygen atoms in total. The Balaban J connectivity index is 2.12. The van der Waals surface area contributed by atoms with Crippen LogP contribution in [0.3, 0.4) is 0 Å². The molecule has 0 aliphatic heterocycles. The van der Waals surface area contributed by atoms with Gasteiger partial charge in [-0.25, -0.2) is 9.97 Å². The third kappa shape index (κ3) is 1.52. The number of hydrogen-bond acceptors (Lipinski definition) is 4. The van der Waals surface area contributed by atoms with Crippen LogP contribution in [0.4, 0.5) is 5.82 Å². The van der Waals surface area contributed by atoms with Crippen LogP contribution in [0.2, 0.25) is 0 Å². The molecule has 2 rings (SSSR count). The summed E-state index contributed by atoms with van der Waals surface area (Å²) in [7, 11) is 1.61. The number of nitrogens with zero attached hydrogens (tertiary/aromatic N) is 2. The fourth-order valence-electron chi connectivity index (χ4n) is 2.24. The van der Waals surface area contributed by atoms with Crippen molar-refractivity contribution in [2.75, 3.05) is 12.4 Å². The average Bonchev–Trinajstić information content (AvgIpc) is 2.61. The maximum absolute atomic E-state index is 5.07. The molecule has 1 heterocycles. The SMILES string of the molecule is COc1cc(NC2C(C)(C)C2(C)C)ncn1. The first kappa shape index (κ1) is 11.2. The number of anilines is 1. The van der Waals surface area contributed by atoms with Gasteiger partial charge in [-0.2, -0.15) is 0 Å². The molecule has 0 amide bonds. The minimum Gasteiger partial charge on any atom is -0.481 e. The van der Waals surface area contributed by atoms with Crippen LogP contribution in [0.15, 0.2) is 12.4 Å². The molecule has 0 bridgehead atoms. The van der Waals surface area contributed by atoms with E-state index in [2.05, 4.69) is 43.0 Å². The van der Waals surface area contributed by atoms with E-state index in [1.54, 1.807) is 7.11 Å². The molecule has 1 aromatic heterocycles. The Morgan fingerprint density at radius 1 is 1.19 bits per heavy atom. The predicted octanol–water partition coefficient (Wildman–Crippen LogP) is 2.33. The zero-order chi connectivity index (χ0) is 12.0. The Bertz CT molecular complexity index is 387. The van der Waals surface area contributed by atoms with Gasteiger partial charge >= 0.3 is 0 Å². The van der Waals surface area contributed by atoms with Crippen molar-refractivity contribution < 1.29 is 4.74 Å². The second kappa shape index (κ2) is 3.34. The van der Waals surface area contributed by atoms with Crippen molar-refractivity contribution in [1.29, 1.82) is 0 Å². The van der Waals surface area contributed by atoms with Crippen LogP contribution in [0.5, 0.6) is 5.88 Å². The van der Waals surface area contributed by atoms with Crippen LogP contribution in [0.25, 0.3) is 0 Å². The molecular weight excluding hydrogens is 202 g/mol. The van der Waals surface area contributed by atoms with Gasteiger partial charge in [0.1, 0.15) is 12.1 Å². The maximum atomic E-state index is 5.07. The van der Waals surface area contributed by atoms with Gasteiger partial charge < -0.3 is 10.1 Å². The molecule has 16 heavy (non-hydrogen) atoms. The normalized spacial score (nSPS) is 21.6. The van der Waals surface area contributed by atoms with Crippen LogP contribution >= 0.6 is 0 Å². The highest BCUT2D eigenvalue weighted by atomic mass is 16.5. The molecule has 1 fully saturated rings. The van der Waals surface area contributed by atoms with Crippen LogP contribution < -0.4 is 10.1 Å². The number of rotatable bonds is 3. The van der Waals surface area contributed by atoms with Crippen molar-refractivity contribution in [3.05, 3.63) is 12.4 Å².